The van der Waals surface area contributed by atoms with Crippen molar-refractivity contribution in [3.8, 4) is 5.75 Å². The van der Waals surface area contributed by atoms with Gasteiger partial charge in [-0.3, -0.25) is 14.9 Å². The van der Waals surface area contributed by atoms with E-state index in [0.717, 1.165) is 0 Å². The van der Waals surface area contributed by atoms with Gasteiger partial charge in [0.1, 0.15) is 22.4 Å². The molecular formula is C13H15ClN2O5. The highest BCUT2D eigenvalue weighted by Gasteiger charge is 2.40. The Morgan fingerprint density at radius 1 is 1.57 bits per heavy atom. The number of nitrogens with zero attached hydrogens (tertiary/aromatic N) is 1. The molecule has 21 heavy (non-hydrogen) atoms. The van der Waals surface area contributed by atoms with Crippen LogP contribution in [-0.4, -0.2) is 27.6 Å². The van der Waals surface area contributed by atoms with Crippen molar-refractivity contribution in [2.24, 2.45) is 5.73 Å². The third-order valence-electron chi connectivity index (χ3n) is 3.59. The lowest BCUT2D eigenvalue weighted by Gasteiger charge is -2.34. The summed E-state index contributed by atoms with van der Waals surface area (Å²) in [6.45, 7) is 0. The first kappa shape index (κ1) is 15.5. The lowest BCUT2D eigenvalue weighted by Crippen LogP contribution is -2.53. The Balaban J connectivity index is 2.10. The van der Waals surface area contributed by atoms with Crippen LogP contribution >= 0.6 is 11.6 Å². The predicted molar refractivity (Wildman–Crippen MR) is 75.5 cm³/mol. The van der Waals surface area contributed by atoms with Crippen molar-refractivity contribution in [1.82, 2.24) is 0 Å². The number of rotatable bonds is 4. The Labute approximate surface area is 125 Å². The molecule has 1 aromatic rings. The highest BCUT2D eigenvalue weighted by atomic mass is 35.5. The minimum atomic E-state index is -1.28. The summed E-state index contributed by atoms with van der Waals surface area (Å²) in [6.07, 6.45) is 1.58. The van der Waals surface area contributed by atoms with Gasteiger partial charge < -0.3 is 15.6 Å². The number of hydrogen-bond donors (Lipinski definition) is 2. The summed E-state index contributed by atoms with van der Waals surface area (Å²) in [5, 5.41) is 19.8. The van der Waals surface area contributed by atoms with Crippen LogP contribution < -0.4 is 10.5 Å². The van der Waals surface area contributed by atoms with Crippen molar-refractivity contribution in [2.45, 2.75) is 37.3 Å². The number of carbonyl (C=O) groups is 1. The summed E-state index contributed by atoms with van der Waals surface area (Å²) in [7, 11) is 0. The molecule has 1 aliphatic rings. The van der Waals surface area contributed by atoms with Gasteiger partial charge in [0, 0.05) is 18.6 Å². The van der Waals surface area contributed by atoms with Gasteiger partial charge in [0.25, 0.3) is 5.69 Å². The first-order valence-corrected chi connectivity index (χ1v) is 6.82. The maximum atomic E-state index is 11.2. The molecule has 0 heterocycles. The van der Waals surface area contributed by atoms with Gasteiger partial charge in [-0.15, -0.1) is 0 Å². The highest BCUT2D eigenvalue weighted by Crippen LogP contribution is 2.33. The molecule has 0 bridgehead atoms. The number of nitro benzene ring substituents is 1. The van der Waals surface area contributed by atoms with E-state index in [4.69, 9.17) is 27.2 Å². The Morgan fingerprint density at radius 2 is 2.29 bits per heavy atom. The van der Waals surface area contributed by atoms with Crippen LogP contribution in [0.1, 0.15) is 25.7 Å². The van der Waals surface area contributed by atoms with E-state index in [9.17, 15) is 14.9 Å². The third-order valence-corrected chi connectivity index (χ3v) is 3.89. The fourth-order valence-corrected chi connectivity index (χ4v) is 2.69. The average Bonchev–Trinajstić information content (AvgIpc) is 2.38. The standard InChI is InChI=1S/C13H15ClN2O5/c14-10-6-8(3-4-11(10)16(19)20)21-9-2-1-5-13(15,7-9)12(17)18/h3-4,6,9H,1-2,5,7,15H2,(H,17,18). The fourth-order valence-electron chi connectivity index (χ4n) is 2.45. The quantitative estimate of drug-likeness (QED) is 0.651. The van der Waals surface area contributed by atoms with Crippen molar-refractivity contribution in [1.29, 1.82) is 0 Å². The van der Waals surface area contributed by atoms with E-state index in [0.29, 0.717) is 25.0 Å². The molecule has 1 fully saturated rings. The SMILES string of the molecule is NC1(C(=O)O)CCCC(Oc2ccc([N+](=O)[O-])c(Cl)c2)C1. The second kappa shape index (κ2) is 5.87. The Kier molecular flexibility index (Phi) is 4.34. The number of nitro groups is 1. The van der Waals surface area contributed by atoms with E-state index in [1.807, 2.05) is 0 Å². The molecule has 8 heteroatoms. The van der Waals surface area contributed by atoms with Gasteiger partial charge >= 0.3 is 5.97 Å². The van der Waals surface area contributed by atoms with Crippen LogP contribution in [-0.2, 0) is 4.79 Å². The molecule has 1 aliphatic carbocycles. The lowest BCUT2D eigenvalue weighted by atomic mass is 9.81. The van der Waals surface area contributed by atoms with Crippen LogP contribution in [0.15, 0.2) is 18.2 Å². The van der Waals surface area contributed by atoms with Gasteiger partial charge in [-0.2, -0.15) is 0 Å². The van der Waals surface area contributed by atoms with Crippen LogP contribution in [0, 0.1) is 10.1 Å². The number of carboxylic acids is 1. The maximum Gasteiger partial charge on any atom is 0.323 e. The molecule has 0 amide bonds. The third kappa shape index (κ3) is 3.43. The van der Waals surface area contributed by atoms with Crippen LogP contribution in [0.25, 0.3) is 0 Å². The predicted octanol–water partition coefficient (Wildman–Crippen LogP) is 2.35. The number of aliphatic carboxylic acids is 1. The van der Waals surface area contributed by atoms with E-state index in [2.05, 4.69) is 0 Å². The van der Waals surface area contributed by atoms with Gasteiger partial charge in [-0.05, 0) is 25.3 Å². The van der Waals surface area contributed by atoms with Gasteiger partial charge in [-0.25, -0.2) is 0 Å². The van der Waals surface area contributed by atoms with E-state index in [1.54, 1.807) is 0 Å². The molecular weight excluding hydrogens is 300 g/mol. The molecule has 0 aromatic heterocycles. The minimum absolute atomic E-state index is 0.0226. The van der Waals surface area contributed by atoms with Crippen LogP contribution in [0.5, 0.6) is 5.75 Å². The number of benzene rings is 1. The second-order valence-corrected chi connectivity index (χ2v) is 5.58. The first-order chi connectivity index (χ1) is 9.82. The van der Waals surface area contributed by atoms with E-state index < -0.39 is 16.4 Å². The smallest absolute Gasteiger partial charge is 0.323 e. The molecule has 0 spiro atoms. The summed E-state index contributed by atoms with van der Waals surface area (Å²) in [5.41, 5.74) is 4.36. The summed E-state index contributed by atoms with van der Waals surface area (Å²) in [6, 6.07) is 4.05. The zero-order valence-electron chi connectivity index (χ0n) is 11.1. The highest BCUT2D eigenvalue weighted by molar-refractivity contribution is 6.32. The number of hydrogen-bond acceptors (Lipinski definition) is 5. The number of halogens is 1. The van der Waals surface area contributed by atoms with E-state index in [-0.39, 0.29) is 23.2 Å². The van der Waals surface area contributed by atoms with Gasteiger partial charge in [-0.1, -0.05) is 11.6 Å². The van der Waals surface area contributed by atoms with Crippen molar-refractivity contribution >= 4 is 23.3 Å². The van der Waals surface area contributed by atoms with E-state index >= 15 is 0 Å². The van der Waals surface area contributed by atoms with Crippen LogP contribution in [0.2, 0.25) is 5.02 Å². The van der Waals surface area contributed by atoms with Crippen LogP contribution in [0.3, 0.4) is 0 Å². The summed E-state index contributed by atoms with van der Waals surface area (Å²) < 4.78 is 5.67. The molecule has 2 unspecified atom stereocenters. The molecule has 7 nitrogen and oxygen atoms in total. The summed E-state index contributed by atoms with van der Waals surface area (Å²) in [4.78, 5) is 21.3. The molecule has 2 atom stereocenters. The summed E-state index contributed by atoms with van der Waals surface area (Å²) >= 11 is 5.81. The van der Waals surface area contributed by atoms with Gasteiger partial charge in [0.15, 0.2) is 0 Å². The number of ether oxygens (including phenoxy) is 1. The Morgan fingerprint density at radius 3 is 2.86 bits per heavy atom. The Hall–Kier alpha value is -1.86. The van der Waals surface area contributed by atoms with Crippen molar-refractivity contribution < 1.29 is 19.6 Å². The fraction of sp³-hybridized carbons (Fsp3) is 0.462. The minimum Gasteiger partial charge on any atom is -0.490 e. The van der Waals surface area contributed by atoms with Crippen molar-refractivity contribution in [2.75, 3.05) is 0 Å². The molecule has 1 aromatic carbocycles. The van der Waals surface area contributed by atoms with Gasteiger partial charge in [0.2, 0.25) is 0 Å². The molecule has 0 aliphatic heterocycles. The van der Waals surface area contributed by atoms with Crippen LogP contribution in [0.4, 0.5) is 5.69 Å². The normalized spacial score (nSPS) is 25.3. The number of nitrogens with two attached hydrogens (primary N) is 1. The van der Waals surface area contributed by atoms with E-state index in [1.165, 1.54) is 18.2 Å². The number of carboxylic acid groups (broad SMARTS) is 1. The molecule has 0 saturated heterocycles. The average molecular weight is 315 g/mol. The first-order valence-electron chi connectivity index (χ1n) is 6.45. The van der Waals surface area contributed by atoms with Crippen molar-refractivity contribution in [3.63, 3.8) is 0 Å². The van der Waals surface area contributed by atoms with Gasteiger partial charge in [0.05, 0.1) is 4.92 Å². The molecule has 114 valence electrons. The second-order valence-electron chi connectivity index (χ2n) is 5.17. The topological polar surface area (TPSA) is 116 Å². The summed E-state index contributed by atoms with van der Waals surface area (Å²) in [5.74, 6) is -0.678. The maximum absolute atomic E-state index is 11.2. The zero-order valence-corrected chi connectivity index (χ0v) is 11.9. The largest absolute Gasteiger partial charge is 0.490 e. The lowest BCUT2D eigenvalue weighted by molar-refractivity contribution is -0.384. The van der Waals surface area contributed by atoms with Crippen molar-refractivity contribution in [3.05, 3.63) is 33.3 Å². The Bertz CT molecular complexity index is 580. The monoisotopic (exact) mass is 314 g/mol. The molecule has 3 N–H and O–H groups in total. The molecule has 1 saturated carbocycles. The zero-order chi connectivity index (χ0) is 15.6. The molecule has 2 rings (SSSR count). The molecule has 0 radical (unpaired) electrons.